The van der Waals surface area contributed by atoms with E-state index >= 15 is 0 Å². The molecule has 1 aromatic carbocycles. The molecule has 1 aromatic rings. The Labute approximate surface area is 98.4 Å². The van der Waals surface area contributed by atoms with Gasteiger partial charge in [0, 0.05) is 19.3 Å². The van der Waals surface area contributed by atoms with Crippen LogP contribution in [0.25, 0.3) is 0 Å². The maximum atomic E-state index is 12.4. The lowest BCUT2D eigenvalue weighted by atomic mass is 9.98. The summed E-state index contributed by atoms with van der Waals surface area (Å²) in [5.41, 5.74) is 2.84. The van der Waals surface area contributed by atoms with Gasteiger partial charge in [0.05, 0.1) is 0 Å². The zero-order chi connectivity index (χ0) is 12.5. The van der Waals surface area contributed by atoms with Crippen molar-refractivity contribution in [1.82, 2.24) is 5.32 Å². The quantitative estimate of drug-likeness (QED) is 0.859. The van der Waals surface area contributed by atoms with Crippen LogP contribution in [0.4, 0.5) is 18.9 Å². The van der Waals surface area contributed by atoms with E-state index in [0.717, 1.165) is 30.6 Å². The molecule has 0 saturated carbocycles. The molecule has 0 amide bonds. The second-order valence-electron chi connectivity index (χ2n) is 4.31. The topological polar surface area (TPSA) is 15.3 Å². The Kier molecular flexibility index (Phi) is 3.28. The molecule has 1 aliphatic heterocycles. The molecule has 0 saturated heterocycles. The summed E-state index contributed by atoms with van der Waals surface area (Å²) in [4.78, 5) is 1.28. The van der Waals surface area contributed by atoms with Gasteiger partial charge >= 0.3 is 6.18 Å². The first kappa shape index (κ1) is 12.2. The van der Waals surface area contributed by atoms with Gasteiger partial charge in [0.25, 0.3) is 0 Å². The van der Waals surface area contributed by atoms with Crippen LogP contribution in [-0.2, 0) is 13.0 Å². The van der Waals surface area contributed by atoms with E-state index in [1.165, 1.54) is 11.9 Å². The summed E-state index contributed by atoms with van der Waals surface area (Å²) in [5.74, 6) is 0. The second-order valence-corrected chi connectivity index (χ2v) is 4.31. The van der Waals surface area contributed by atoms with Gasteiger partial charge in [-0.05, 0) is 30.2 Å². The van der Waals surface area contributed by atoms with E-state index in [1.807, 2.05) is 12.1 Å². The van der Waals surface area contributed by atoms with Crippen LogP contribution in [0.2, 0.25) is 0 Å². The summed E-state index contributed by atoms with van der Waals surface area (Å²) in [5, 5.41) is 3.21. The van der Waals surface area contributed by atoms with Crippen LogP contribution >= 0.6 is 0 Å². The third kappa shape index (κ3) is 2.91. The van der Waals surface area contributed by atoms with Gasteiger partial charge in [-0.1, -0.05) is 12.1 Å². The number of benzene rings is 1. The van der Waals surface area contributed by atoms with Crippen molar-refractivity contribution in [3.05, 3.63) is 29.3 Å². The minimum atomic E-state index is -4.16. The van der Waals surface area contributed by atoms with E-state index in [0.29, 0.717) is 5.69 Å². The monoisotopic (exact) mass is 244 g/mol. The molecular weight excluding hydrogens is 229 g/mol. The molecule has 1 heterocycles. The van der Waals surface area contributed by atoms with Crippen LogP contribution in [0.1, 0.15) is 11.1 Å². The van der Waals surface area contributed by atoms with Gasteiger partial charge in [-0.2, -0.15) is 13.2 Å². The standard InChI is InChI=1S/C12H15F3N2/c1-17(8-12(13,14)15)11-4-2-3-9-7-16-6-5-10(9)11/h2-4,16H,5-8H2,1H3. The molecule has 0 atom stereocenters. The molecule has 0 aromatic heterocycles. The van der Waals surface area contributed by atoms with Crippen LogP contribution in [-0.4, -0.2) is 26.3 Å². The molecule has 2 nitrogen and oxygen atoms in total. The van der Waals surface area contributed by atoms with Gasteiger partial charge in [0.15, 0.2) is 0 Å². The van der Waals surface area contributed by atoms with Crippen molar-refractivity contribution in [3.8, 4) is 0 Å². The van der Waals surface area contributed by atoms with E-state index in [2.05, 4.69) is 5.32 Å². The van der Waals surface area contributed by atoms with Gasteiger partial charge in [0.2, 0.25) is 0 Å². The highest BCUT2D eigenvalue weighted by atomic mass is 19.4. The van der Waals surface area contributed by atoms with E-state index in [4.69, 9.17) is 0 Å². The number of alkyl halides is 3. The molecule has 0 aliphatic carbocycles. The number of hydrogen-bond acceptors (Lipinski definition) is 2. The van der Waals surface area contributed by atoms with E-state index < -0.39 is 12.7 Å². The van der Waals surface area contributed by atoms with Gasteiger partial charge < -0.3 is 10.2 Å². The first-order valence-electron chi connectivity index (χ1n) is 5.57. The van der Waals surface area contributed by atoms with Gasteiger partial charge in [0.1, 0.15) is 6.54 Å². The third-order valence-electron chi connectivity index (χ3n) is 2.94. The van der Waals surface area contributed by atoms with Crippen LogP contribution < -0.4 is 10.2 Å². The summed E-state index contributed by atoms with van der Waals surface area (Å²) in [6.45, 7) is 0.657. The minimum absolute atomic E-state index is 0.696. The van der Waals surface area contributed by atoms with Crippen molar-refractivity contribution in [2.45, 2.75) is 19.1 Å². The first-order valence-corrected chi connectivity index (χ1v) is 5.57. The number of nitrogens with one attached hydrogen (secondary N) is 1. The average Bonchev–Trinajstić information content (AvgIpc) is 2.26. The maximum absolute atomic E-state index is 12.4. The van der Waals surface area contributed by atoms with Crippen LogP contribution in [0, 0.1) is 0 Å². The minimum Gasteiger partial charge on any atom is -0.365 e. The Balaban J connectivity index is 2.26. The summed E-state index contributed by atoms with van der Waals surface area (Å²) in [7, 11) is 1.49. The fraction of sp³-hybridized carbons (Fsp3) is 0.500. The lowest BCUT2D eigenvalue weighted by molar-refractivity contribution is -0.119. The molecule has 0 spiro atoms. The van der Waals surface area contributed by atoms with Crippen molar-refractivity contribution in [2.75, 3.05) is 25.0 Å². The van der Waals surface area contributed by atoms with Crippen LogP contribution in [0.15, 0.2) is 18.2 Å². The summed E-state index contributed by atoms with van der Waals surface area (Å²) >= 11 is 0. The van der Waals surface area contributed by atoms with Gasteiger partial charge in [-0.15, -0.1) is 0 Å². The molecule has 94 valence electrons. The number of anilines is 1. The highest BCUT2D eigenvalue weighted by molar-refractivity contribution is 5.57. The van der Waals surface area contributed by atoms with Gasteiger partial charge in [-0.25, -0.2) is 0 Å². The number of rotatable bonds is 2. The van der Waals surface area contributed by atoms with Gasteiger partial charge in [-0.3, -0.25) is 0 Å². The highest BCUT2D eigenvalue weighted by Crippen LogP contribution is 2.28. The first-order chi connectivity index (χ1) is 7.97. The van der Waals surface area contributed by atoms with Crippen LogP contribution in [0.3, 0.4) is 0 Å². The van der Waals surface area contributed by atoms with E-state index in [1.54, 1.807) is 6.07 Å². The lowest BCUT2D eigenvalue weighted by Crippen LogP contribution is -2.33. The smallest absolute Gasteiger partial charge is 0.365 e. The average molecular weight is 244 g/mol. The highest BCUT2D eigenvalue weighted by Gasteiger charge is 2.30. The molecule has 0 radical (unpaired) electrons. The van der Waals surface area contributed by atoms with Crippen LogP contribution in [0.5, 0.6) is 0 Å². The Bertz CT molecular complexity index is 401. The Morgan fingerprint density at radius 3 is 2.82 bits per heavy atom. The van der Waals surface area contributed by atoms with E-state index in [-0.39, 0.29) is 0 Å². The molecule has 1 aliphatic rings. The molecule has 17 heavy (non-hydrogen) atoms. The number of hydrogen-bond donors (Lipinski definition) is 1. The maximum Gasteiger partial charge on any atom is 0.405 e. The summed E-state index contributed by atoms with van der Waals surface area (Å²) in [6.07, 6.45) is -3.38. The van der Waals surface area contributed by atoms with Crippen molar-refractivity contribution in [2.24, 2.45) is 0 Å². The fourth-order valence-electron chi connectivity index (χ4n) is 2.22. The molecular formula is C12H15F3N2. The fourth-order valence-corrected chi connectivity index (χ4v) is 2.22. The summed E-state index contributed by atoms with van der Waals surface area (Å²) in [6, 6.07) is 5.54. The molecule has 1 N–H and O–H groups in total. The van der Waals surface area contributed by atoms with E-state index in [9.17, 15) is 13.2 Å². The summed E-state index contributed by atoms with van der Waals surface area (Å²) < 4.78 is 37.1. The number of fused-ring (bicyclic) bond motifs is 1. The third-order valence-corrected chi connectivity index (χ3v) is 2.94. The number of halogens is 3. The Morgan fingerprint density at radius 2 is 2.12 bits per heavy atom. The molecule has 0 unspecified atom stereocenters. The molecule has 5 heteroatoms. The molecule has 2 rings (SSSR count). The van der Waals surface area contributed by atoms with Crippen molar-refractivity contribution in [3.63, 3.8) is 0 Å². The lowest BCUT2D eigenvalue weighted by Gasteiger charge is -2.27. The predicted octanol–water partition coefficient (Wildman–Crippen LogP) is 2.33. The normalized spacial score (nSPS) is 15.5. The van der Waals surface area contributed by atoms with Crippen molar-refractivity contribution in [1.29, 1.82) is 0 Å². The SMILES string of the molecule is CN(CC(F)(F)F)c1cccc2c1CCNC2. The molecule has 0 fully saturated rings. The number of nitrogens with zero attached hydrogens (tertiary/aromatic N) is 1. The largest absolute Gasteiger partial charge is 0.405 e. The van der Waals surface area contributed by atoms with Crippen molar-refractivity contribution < 1.29 is 13.2 Å². The zero-order valence-electron chi connectivity index (χ0n) is 9.64. The van der Waals surface area contributed by atoms with Crippen molar-refractivity contribution >= 4 is 5.69 Å². The Hall–Kier alpha value is -1.23. The molecule has 0 bridgehead atoms. The predicted molar refractivity (Wildman–Crippen MR) is 61.2 cm³/mol. The second kappa shape index (κ2) is 4.56. The Morgan fingerprint density at radius 1 is 1.35 bits per heavy atom. The zero-order valence-corrected chi connectivity index (χ0v) is 9.64.